The number of hydrogen-bond acceptors (Lipinski definition) is 3. The van der Waals surface area contributed by atoms with E-state index in [0.717, 1.165) is 6.42 Å². The molecule has 0 saturated carbocycles. The van der Waals surface area contributed by atoms with Crippen LogP contribution in [0.3, 0.4) is 0 Å². The second-order valence-electron chi connectivity index (χ2n) is 4.82. The van der Waals surface area contributed by atoms with Gasteiger partial charge in [-0.05, 0) is 41.3 Å². The molecule has 0 aliphatic rings. The summed E-state index contributed by atoms with van der Waals surface area (Å²) in [7, 11) is 1.75. The molecule has 1 aromatic carbocycles. The van der Waals surface area contributed by atoms with Crippen molar-refractivity contribution < 1.29 is 4.74 Å². The van der Waals surface area contributed by atoms with Gasteiger partial charge in [0.2, 0.25) is 0 Å². The Kier molecular flexibility index (Phi) is 5.58. The van der Waals surface area contributed by atoms with Crippen molar-refractivity contribution >= 4 is 11.3 Å². The summed E-state index contributed by atoms with van der Waals surface area (Å²) in [6.07, 6.45) is 1.05. The first-order valence-electron chi connectivity index (χ1n) is 6.60. The maximum atomic E-state index is 5.33. The SMILES string of the molecule is COCC(NC(C)Cc1ccsc1)c1ccccc1. The zero-order valence-corrected chi connectivity index (χ0v) is 12.3. The highest BCUT2D eigenvalue weighted by atomic mass is 32.1. The first-order chi connectivity index (χ1) is 9.29. The predicted octanol–water partition coefficient (Wildman–Crippen LogP) is 3.66. The second-order valence-corrected chi connectivity index (χ2v) is 5.60. The molecule has 0 fully saturated rings. The zero-order chi connectivity index (χ0) is 13.5. The van der Waals surface area contributed by atoms with Crippen molar-refractivity contribution in [3.63, 3.8) is 0 Å². The van der Waals surface area contributed by atoms with Crippen LogP contribution in [-0.2, 0) is 11.2 Å². The van der Waals surface area contributed by atoms with Gasteiger partial charge in [-0.25, -0.2) is 0 Å². The number of rotatable bonds is 7. The van der Waals surface area contributed by atoms with E-state index >= 15 is 0 Å². The lowest BCUT2D eigenvalue weighted by atomic mass is 10.0. The molecule has 102 valence electrons. The lowest BCUT2D eigenvalue weighted by molar-refractivity contribution is 0.162. The molecule has 3 heteroatoms. The summed E-state index contributed by atoms with van der Waals surface area (Å²) in [6, 6.07) is 13.3. The van der Waals surface area contributed by atoms with Crippen molar-refractivity contribution in [3.05, 3.63) is 58.3 Å². The van der Waals surface area contributed by atoms with Gasteiger partial charge in [0.25, 0.3) is 0 Å². The van der Waals surface area contributed by atoms with Crippen LogP contribution in [0.2, 0.25) is 0 Å². The molecule has 2 rings (SSSR count). The maximum absolute atomic E-state index is 5.33. The molecule has 0 radical (unpaired) electrons. The summed E-state index contributed by atoms with van der Waals surface area (Å²) in [5.74, 6) is 0. The first-order valence-corrected chi connectivity index (χ1v) is 7.55. The smallest absolute Gasteiger partial charge is 0.0657 e. The van der Waals surface area contributed by atoms with Gasteiger partial charge in [0.1, 0.15) is 0 Å². The molecule has 1 N–H and O–H groups in total. The molecule has 2 nitrogen and oxygen atoms in total. The molecular formula is C16H21NOS. The molecule has 0 bridgehead atoms. The quantitative estimate of drug-likeness (QED) is 0.832. The Morgan fingerprint density at radius 3 is 2.63 bits per heavy atom. The van der Waals surface area contributed by atoms with Gasteiger partial charge in [0.15, 0.2) is 0 Å². The minimum Gasteiger partial charge on any atom is -0.383 e. The Hall–Kier alpha value is -1.16. The fraction of sp³-hybridized carbons (Fsp3) is 0.375. The average Bonchev–Trinajstić information content (AvgIpc) is 2.92. The van der Waals surface area contributed by atoms with Gasteiger partial charge >= 0.3 is 0 Å². The van der Waals surface area contributed by atoms with E-state index in [0.29, 0.717) is 12.6 Å². The molecule has 0 aliphatic heterocycles. The third-order valence-corrected chi connectivity index (χ3v) is 3.88. The number of benzene rings is 1. The van der Waals surface area contributed by atoms with Gasteiger partial charge in [0, 0.05) is 13.2 Å². The Bertz CT molecular complexity index is 455. The van der Waals surface area contributed by atoms with Crippen LogP contribution in [-0.4, -0.2) is 19.8 Å². The Labute approximate surface area is 119 Å². The van der Waals surface area contributed by atoms with Crippen LogP contribution in [0.1, 0.15) is 24.1 Å². The summed E-state index contributed by atoms with van der Waals surface area (Å²) < 4.78 is 5.33. The fourth-order valence-corrected chi connectivity index (χ4v) is 2.94. The normalized spacial score (nSPS) is 14.2. The van der Waals surface area contributed by atoms with Crippen molar-refractivity contribution in [2.45, 2.75) is 25.4 Å². The summed E-state index contributed by atoms with van der Waals surface area (Å²) in [5, 5.41) is 8.00. The van der Waals surface area contributed by atoms with Crippen molar-refractivity contribution in [2.24, 2.45) is 0 Å². The van der Waals surface area contributed by atoms with E-state index in [2.05, 4.69) is 53.3 Å². The Morgan fingerprint density at radius 1 is 1.21 bits per heavy atom. The summed E-state index contributed by atoms with van der Waals surface area (Å²) in [6.45, 7) is 2.92. The number of thiophene rings is 1. The largest absolute Gasteiger partial charge is 0.383 e. The van der Waals surface area contributed by atoms with Gasteiger partial charge in [-0.1, -0.05) is 30.3 Å². The molecule has 2 atom stereocenters. The minimum atomic E-state index is 0.250. The molecule has 2 unspecified atom stereocenters. The van der Waals surface area contributed by atoms with E-state index in [4.69, 9.17) is 4.74 Å². The van der Waals surface area contributed by atoms with Crippen LogP contribution in [0.15, 0.2) is 47.2 Å². The van der Waals surface area contributed by atoms with E-state index in [1.165, 1.54) is 11.1 Å². The summed E-state index contributed by atoms with van der Waals surface area (Å²) in [5.41, 5.74) is 2.68. The molecule has 19 heavy (non-hydrogen) atoms. The lowest BCUT2D eigenvalue weighted by Crippen LogP contribution is -2.34. The van der Waals surface area contributed by atoms with E-state index in [1.807, 2.05) is 6.07 Å². The number of ether oxygens (including phenoxy) is 1. The van der Waals surface area contributed by atoms with Crippen molar-refractivity contribution in [2.75, 3.05) is 13.7 Å². The van der Waals surface area contributed by atoms with Crippen LogP contribution in [0.4, 0.5) is 0 Å². The molecule has 1 aromatic heterocycles. The number of hydrogen-bond donors (Lipinski definition) is 1. The fourth-order valence-electron chi connectivity index (χ4n) is 2.26. The number of methoxy groups -OCH3 is 1. The maximum Gasteiger partial charge on any atom is 0.0657 e. The van der Waals surface area contributed by atoms with Gasteiger partial charge < -0.3 is 10.1 Å². The zero-order valence-electron chi connectivity index (χ0n) is 11.5. The topological polar surface area (TPSA) is 21.3 Å². The van der Waals surface area contributed by atoms with E-state index < -0.39 is 0 Å². The highest BCUT2D eigenvalue weighted by Gasteiger charge is 2.14. The summed E-state index contributed by atoms with van der Waals surface area (Å²) in [4.78, 5) is 0. The summed E-state index contributed by atoms with van der Waals surface area (Å²) >= 11 is 1.75. The minimum absolute atomic E-state index is 0.250. The lowest BCUT2D eigenvalue weighted by Gasteiger charge is -2.23. The van der Waals surface area contributed by atoms with Crippen LogP contribution in [0, 0.1) is 0 Å². The molecular weight excluding hydrogens is 254 g/mol. The molecule has 0 spiro atoms. The van der Waals surface area contributed by atoms with Gasteiger partial charge in [-0.2, -0.15) is 11.3 Å². The van der Waals surface area contributed by atoms with Crippen molar-refractivity contribution in [3.8, 4) is 0 Å². The molecule has 0 saturated heterocycles. The first kappa shape index (κ1) is 14.3. The predicted molar refractivity (Wildman–Crippen MR) is 81.7 cm³/mol. The van der Waals surface area contributed by atoms with Gasteiger partial charge in [-0.15, -0.1) is 0 Å². The van der Waals surface area contributed by atoms with Gasteiger partial charge in [-0.3, -0.25) is 0 Å². The molecule has 2 aromatic rings. The van der Waals surface area contributed by atoms with Crippen LogP contribution in [0.5, 0.6) is 0 Å². The standard InChI is InChI=1S/C16H21NOS/c1-13(10-14-8-9-19-12-14)17-16(11-18-2)15-6-4-3-5-7-15/h3-9,12-13,16-17H,10-11H2,1-2H3. The third-order valence-electron chi connectivity index (χ3n) is 3.14. The van der Waals surface area contributed by atoms with Crippen LogP contribution < -0.4 is 5.32 Å². The van der Waals surface area contributed by atoms with Crippen molar-refractivity contribution in [1.82, 2.24) is 5.32 Å². The van der Waals surface area contributed by atoms with E-state index in [9.17, 15) is 0 Å². The van der Waals surface area contributed by atoms with Crippen LogP contribution >= 0.6 is 11.3 Å². The Morgan fingerprint density at radius 2 is 2.00 bits per heavy atom. The monoisotopic (exact) mass is 275 g/mol. The average molecular weight is 275 g/mol. The van der Waals surface area contributed by atoms with Crippen molar-refractivity contribution in [1.29, 1.82) is 0 Å². The van der Waals surface area contributed by atoms with Gasteiger partial charge in [0.05, 0.1) is 12.6 Å². The highest BCUT2D eigenvalue weighted by molar-refractivity contribution is 7.07. The molecule has 1 heterocycles. The second kappa shape index (κ2) is 7.43. The third kappa shape index (κ3) is 4.46. The van der Waals surface area contributed by atoms with E-state index in [1.54, 1.807) is 18.4 Å². The van der Waals surface area contributed by atoms with E-state index in [-0.39, 0.29) is 6.04 Å². The van der Waals surface area contributed by atoms with Crippen LogP contribution in [0.25, 0.3) is 0 Å². The highest BCUT2D eigenvalue weighted by Crippen LogP contribution is 2.15. The molecule has 0 amide bonds. The molecule has 0 aliphatic carbocycles. The number of nitrogens with one attached hydrogen (secondary N) is 1. The Balaban J connectivity index is 1.96.